The van der Waals surface area contributed by atoms with Crippen LogP contribution in [0.25, 0.3) is 11.0 Å². The largest absolute Gasteiger partial charge is 0.461 e. The first-order valence-electron chi connectivity index (χ1n) is 7.95. The first kappa shape index (κ1) is 14.9. The van der Waals surface area contributed by atoms with E-state index < -0.39 is 0 Å². The molecular weight excluding hydrogens is 278 g/mol. The lowest BCUT2D eigenvalue weighted by Gasteiger charge is -2.26. The summed E-state index contributed by atoms with van der Waals surface area (Å²) in [5, 5.41) is 0. The third kappa shape index (κ3) is 2.93. The SMILES string of the molecule is Cc1nc2c(N)cccc2n1CC(=O)OC1CCC(C)CC1. The summed E-state index contributed by atoms with van der Waals surface area (Å²) >= 11 is 0. The minimum atomic E-state index is -0.190. The van der Waals surface area contributed by atoms with Gasteiger partial charge < -0.3 is 15.0 Å². The zero-order chi connectivity index (χ0) is 15.7. The van der Waals surface area contributed by atoms with E-state index in [1.807, 2.05) is 29.7 Å². The number of aromatic nitrogens is 2. The van der Waals surface area contributed by atoms with Gasteiger partial charge in [-0.3, -0.25) is 4.79 Å². The monoisotopic (exact) mass is 301 g/mol. The molecule has 1 aliphatic rings. The zero-order valence-corrected chi connectivity index (χ0v) is 13.2. The van der Waals surface area contributed by atoms with Gasteiger partial charge >= 0.3 is 5.97 Å². The first-order chi connectivity index (χ1) is 10.5. The normalized spacial score (nSPS) is 21.9. The van der Waals surface area contributed by atoms with E-state index in [1.165, 1.54) is 0 Å². The van der Waals surface area contributed by atoms with Crippen LogP contribution in [-0.2, 0) is 16.1 Å². The van der Waals surface area contributed by atoms with Crippen molar-refractivity contribution in [2.24, 2.45) is 5.92 Å². The maximum Gasteiger partial charge on any atom is 0.326 e. The summed E-state index contributed by atoms with van der Waals surface area (Å²) < 4.78 is 7.50. The molecule has 0 amide bonds. The van der Waals surface area contributed by atoms with Crippen LogP contribution in [0, 0.1) is 12.8 Å². The van der Waals surface area contributed by atoms with Crippen LogP contribution in [0.1, 0.15) is 38.4 Å². The standard InChI is InChI=1S/C17H23N3O2/c1-11-6-8-13(9-7-11)22-16(21)10-20-12(2)19-17-14(18)4-3-5-15(17)20/h3-5,11,13H,6-10,18H2,1-2H3. The van der Waals surface area contributed by atoms with Gasteiger partial charge in [0.2, 0.25) is 0 Å². The zero-order valence-electron chi connectivity index (χ0n) is 13.2. The summed E-state index contributed by atoms with van der Waals surface area (Å²) in [5.74, 6) is 1.34. The molecule has 0 saturated heterocycles. The Balaban J connectivity index is 1.72. The van der Waals surface area contributed by atoms with Crippen LogP contribution in [0.15, 0.2) is 18.2 Å². The first-order valence-corrected chi connectivity index (χ1v) is 7.95. The Bertz CT molecular complexity index is 685. The number of benzene rings is 1. The van der Waals surface area contributed by atoms with E-state index >= 15 is 0 Å². The molecule has 0 radical (unpaired) electrons. The van der Waals surface area contributed by atoms with Crippen LogP contribution < -0.4 is 5.73 Å². The number of rotatable bonds is 3. The molecule has 5 nitrogen and oxygen atoms in total. The molecule has 1 aliphatic carbocycles. The number of anilines is 1. The van der Waals surface area contributed by atoms with Gasteiger partial charge in [-0.1, -0.05) is 13.0 Å². The summed E-state index contributed by atoms with van der Waals surface area (Å²) in [7, 11) is 0. The Morgan fingerprint density at radius 3 is 2.82 bits per heavy atom. The smallest absolute Gasteiger partial charge is 0.326 e. The van der Waals surface area contributed by atoms with Gasteiger partial charge in [0.1, 0.15) is 24.0 Å². The van der Waals surface area contributed by atoms with Gasteiger partial charge in [-0.25, -0.2) is 4.98 Å². The van der Waals surface area contributed by atoms with Crippen LogP contribution in [-0.4, -0.2) is 21.6 Å². The molecular formula is C17H23N3O2. The molecule has 0 atom stereocenters. The molecule has 0 bridgehead atoms. The Hall–Kier alpha value is -2.04. The second-order valence-corrected chi connectivity index (χ2v) is 6.33. The predicted octanol–water partition coefficient (Wildman–Crippen LogP) is 3.05. The molecule has 2 aromatic rings. The van der Waals surface area contributed by atoms with E-state index in [-0.39, 0.29) is 18.6 Å². The Morgan fingerprint density at radius 1 is 1.36 bits per heavy atom. The maximum atomic E-state index is 12.2. The fourth-order valence-electron chi connectivity index (χ4n) is 3.18. The number of nitrogen functional groups attached to an aromatic ring is 1. The molecule has 0 spiro atoms. The van der Waals surface area contributed by atoms with Crippen LogP contribution in [0.2, 0.25) is 0 Å². The number of nitrogens with two attached hydrogens (primary N) is 1. The van der Waals surface area contributed by atoms with Gasteiger partial charge in [-0.15, -0.1) is 0 Å². The van der Waals surface area contributed by atoms with Crippen molar-refractivity contribution in [1.82, 2.24) is 9.55 Å². The van der Waals surface area contributed by atoms with E-state index in [1.54, 1.807) is 0 Å². The molecule has 1 saturated carbocycles. The molecule has 1 heterocycles. The number of esters is 1. The van der Waals surface area contributed by atoms with E-state index in [0.717, 1.165) is 48.5 Å². The number of carbonyl (C=O) groups is 1. The molecule has 3 rings (SSSR count). The van der Waals surface area contributed by atoms with Crippen LogP contribution >= 0.6 is 0 Å². The van der Waals surface area contributed by atoms with Crippen molar-refractivity contribution in [3.63, 3.8) is 0 Å². The van der Waals surface area contributed by atoms with Crippen molar-refractivity contribution in [3.05, 3.63) is 24.0 Å². The molecule has 1 aromatic carbocycles. The van der Waals surface area contributed by atoms with Crippen molar-refractivity contribution in [2.75, 3.05) is 5.73 Å². The van der Waals surface area contributed by atoms with Crippen LogP contribution in [0.4, 0.5) is 5.69 Å². The van der Waals surface area contributed by atoms with Crippen molar-refractivity contribution >= 4 is 22.7 Å². The Kier molecular flexibility index (Phi) is 4.05. The maximum absolute atomic E-state index is 12.2. The number of fused-ring (bicyclic) bond motifs is 1. The lowest BCUT2D eigenvalue weighted by molar-refractivity contribution is -0.151. The van der Waals surface area contributed by atoms with Gasteiger partial charge in [0.05, 0.1) is 11.2 Å². The van der Waals surface area contributed by atoms with Gasteiger partial charge in [-0.05, 0) is 50.7 Å². The molecule has 5 heteroatoms. The molecule has 1 aromatic heterocycles. The number of imidazole rings is 1. The second-order valence-electron chi connectivity index (χ2n) is 6.33. The number of aryl methyl sites for hydroxylation is 1. The third-order valence-electron chi connectivity index (χ3n) is 4.55. The highest BCUT2D eigenvalue weighted by atomic mass is 16.5. The number of ether oxygens (including phenoxy) is 1. The van der Waals surface area contributed by atoms with Gasteiger partial charge in [0.25, 0.3) is 0 Å². The lowest BCUT2D eigenvalue weighted by atomic mass is 9.89. The van der Waals surface area contributed by atoms with E-state index in [4.69, 9.17) is 10.5 Å². The Morgan fingerprint density at radius 2 is 2.09 bits per heavy atom. The van der Waals surface area contributed by atoms with Gasteiger partial charge in [0.15, 0.2) is 0 Å². The summed E-state index contributed by atoms with van der Waals surface area (Å²) in [6.45, 7) is 4.33. The minimum Gasteiger partial charge on any atom is -0.461 e. The summed E-state index contributed by atoms with van der Waals surface area (Å²) in [6, 6.07) is 5.63. The van der Waals surface area contributed by atoms with E-state index in [9.17, 15) is 4.79 Å². The number of para-hydroxylation sites is 1. The van der Waals surface area contributed by atoms with Crippen LogP contribution in [0.5, 0.6) is 0 Å². The van der Waals surface area contributed by atoms with Crippen molar-refractivity contribution in [2.45, 2.75) is 52.2 Å². The molecule has 2 N–H and O–H groups in total. The molecule has 1 fully saturated rings. The molecule has 118 valence electrons. The fraction of sp³-hybridized carbons (Fsp3) is 0.529. The topological polar surface area (TPSA) is 70.1 Å². The second kappa shape index (κ2) is 5.99. The summed E-state index contributed by atoms with van der Waals surface area (Å²) in [4.78, 5) is 16.7. The fourth-order valence-corrected chi connectivity index (χ4v) is 3.18. The average molecular weight is 301 g/mol. The number of nitrogens with zero attached hydrogens (tertiary/aromatic N) is 2. The van der Waals surface area contributed by atoms with Crippen molar-refractivity contribution < 1.29 is 9.53 Å². The van der Waals surface area contributed by atoms with E-state index in [2.05, 4.69) is 11.9 Å². The number of hydrogen-bond acceptors (Lipinski definition) is 4. The highest BCUT2D eigenvalue weighted by Gasteiger charge is 2.22. The van der Waals surface area contributed by atoms with Gasteiger partial charge in [0, 0.05) is 0 Å². The molecule has 0 unspecified atom stereocenters. The highest BCUT2D eigenvalue weighted by Crippen LogP contribution is 2.26. The number of hydrogen-bond donors (Lipinski definition) is 1. The predicted molar refractivity (Wildman–Crippen MR) is 86.4 cm³/mol. The summed E-state index contributed by atoms with van der Waals surface area (Å²) in [5.41, 5.74) is 8.20. The van der Waals surface area contributed by atoms with E-state index in [0.29, 0.717) is 5.69 Å². The van der Waals surface area contributed by atoms with Gasteiger partial charge in [-0.2, -0.15) is 0 Å². The highest BCUT2D eigenvalue weighted by molar-refractivity contribution is 5.88. The Labute approximate surface area is 130 Å². The number of carbonyl (C=O) groups excluding carboxylic acids is 1. The third-order valence-corrected chi connectivity index (χ3v) is 4.55. The lowest BCUT2D eigenvalue weighted by Crippen LogP contribution is -2.26. The molecule has 22 heavy (non-hydrogen) atoms. The molecule has 0 aliphatic heterocycles. The average Bonchev–Trinajstić information content (AvgIpc) is 2.80. The van der Waals surface area contributed by atoms with Crippen LogP contribution in [0.3, 0.4) is 0 Å². The van der Waals surface area contributed by atoms with Crippen molar-refractivity contribution in [1.29, 1.82) is 0 Å². The van der Waals surface area contributed by atoms with Crippen molar-refractivity contribution in [3.8, 4) is 0 Å². The quantitative estimate of drug-likeness (QED) is 0.698. The minimum absolute atomic E-state index is 0.0730. The summed E-state index contributed by atoms with van der Waals surface area (Å²) in [6.07, 6.45) is 4.31.